The van der Waals surface area contributed by atoms with E-state index in [4.69, 9.17) is 35.0 Å². The van der Waals surface area contributed by atoms with Gasteiger partial charge in [-0.25, -0.2) is 4.99 Å². The van der Waals surface area contributed by atoms with Crippen LogP contribution >= 0.6 is 11.6 Å². The van der Waals surface area contributed by atoms with Gasteiger partial charge in [-0.15, -0.1) is 0 Å². The third-order valence-electron chi connectivity index (χ3n) is 4.67. The maximum Gasteiger partial charge on any atom is 0.322 e. The van der Waals surface area contributed by atoms with Crippen LogP contribution in [0.25, 0.3) is 21.9 Å². The first-order chi connectivity index (χ1) is 14.6. The minimum Gasteiger partial charge on any atom is -0.496 e. The molecule has 0 saturated heterocycles. The molecule has 4 rings (SSSR count). The lowest BCUT2D eigenvalue weighted by atomic mass is 10.0. The summed E-state index contributed by atoms with van der Waals surface area (Å²) < 4.78 is 28.1. The van der Waals surface area contributed by atoms with Crippen LogP contribution in [0.15, 0.2) is 45.8 Å². The molecule has 1 heterocycles. The third-order valence-corrected chi connectivity index (χ3v) is 4.90. The average Bonchev–Trinajstić information content (AvgIpc) is 3.17. The molecule has 3 aromatic carbocycles. The van der Waals surface area contributed by atoms with Crippen LogP contribution in [0.3, 0.4) is 0 Å². The zero-order valence-corrected chi connectivity index (χ0v) is 17.6. The molecule has 0 unspecified atom stereocenters. The Bertz CT molecular complexity index is 1270. The first kappa shape index (κ1) is 19.8. The van der Waals surface area contributed by atoms with Gasteiger partial charge in [0.25, 0.3) is 0 Å². The molecule has 0 amide bonds. The minimum absolute atomic E-state index is 0.200. The van der Waals surface area contributed by atoms with E-state index < -0.39 is 0 Å². The van der Waals surface area contributed by atoms with Gasteiger partial charge in [-0.3, -0.25) is 0 Å². The molecular weight excluding hydrogens is 408 g/mol. The van der Waals surface area contributed by atoms with Gasteiger partial charge in [0.15, 0.2) is 5.58 Å². The van der Waals surface area contributed by atoms with Crippen molar-refractivity contribution < 1.29 is 23.4 Å². The summed E-state index contributed by atoms with van der Waals surface area (Å²) in [6.07, 6.45) is 1.60. The quantitative estimate of drug-likeness (QED) is 0.383. The van der Waals surface area contributed by atoms with E-state index in [9.17, 15) is 0 Å². The molecule has 7 nitrogen and oxygen atoms in total. The normalized spacial score (nSPS) is 11.4. The number of oxazole rings is 1. The highest BCUT2D eigenvalue weighted by Crippen LogP contribution is 2.46. The van der Waals surface area contributed by atoms with Gasteiger partial charge in [0.05, 0.1) is 39.2 Å². The van der Waals surface area contributed by atoms with Gasteiger partial charge in [0.2, 0.25) is 0 Å². The Balaban J connectivity index is 1.90. The molecule has 0 radical (unpaired) electrons. The molecule has 0 aliphatic carbocycles. The van der Waals surface area contributed by atoms with E-state index in [0.29, 0.717) is 50.1 Å². The van der Waals surface area contributed by atoms with Crippen molar-refractivity contribution in [3.63, 3.8) is 0 Å². The van der Waals surface area contributed by atoms with Crippen molar-refractivity contribution in [1.82, 2.24) is 4.98 Å². The fourth-order valence-electron chi connectivity index (χ4n) is 3.34. The maximum absolute atomic E-state index is 6.01. The van der Waals surface area contributed by atoms with E-state index in [0.717, 1.165) is 5.39 Å². The Morgan fingerprint density at radius 3 is 2.23 bits per heavy atom. The van der Waals surface area contributed by atoms with Crippen LogP contribution in [0.2, 0.25) is 5.02 Å². The van der Waals surface area contributed by atoms with E-state index in [1.165, 1.54) is 0 Å². The molecule has 0 aliphatic rings. The van der Waals surface area contributed by atoms with Gasteiger partial charge < -0.3 is 23.4 Å². The monoisotopic (exact) mass is 426 g/mol. The van der Waals surface area contributed by atoms with Crippen molar-refractivity contribution in [2.75, 3.05) is 28.4 Å². The smallest absolute Gasteiger partial charge is 0.322 e. The van der Waals surface area contributed by atoms with Gasteiger partial charge in [0, 0.05) is 16.8 Å². The third kappa shape index (κ3) is 3.37. The molecule has 0 N–H and O–H groups in total. The SMILES string of the molecule is COc1ccc(OC)c2c(OC)c(C=Nc3nc4cc(Cl)ccc4o3)cc(OC)c12. The van der Waals surface area contributed by atoms with Crippen LogP contribution in [0, 0.1) is 0 Å². The number of ether oxygens (including phenoxy) is 4. The molecular formula is C22H19ClN2O5. The average molecular weight is 427 g/mol. The number of hydrogen-bond donors (Lipinski definition) is 0. The van der Waals surface area contributed by atoms with Crippen LogP contribution in [0.5, 0.6) is 23.0 Å². The standard InChI is InChI=1S/C22H19ClN2O5/c1-26-16-7-8-17(27-2)20-19(16)18(28-3)9-12(21(20)29-4)11-24-22-25-14-10-13(23)5-6-15(14)30-22/h5-11H,1-4H3. The van der Waals surface area contributed by atoms with Gasteiger partial charge in [-0.05, 0) is 36.4 Å². The molecule has 1 aromatic heterocycles. The topological polar surface area (TPSA) is 75.3 Å². The summed E-state index contributed by atoms with van der Waals surface area (Å²) in [5, 5.41) is 2.03. The minimum atomic E-state index is 0.200. The largest absolute Gasteiger partial charge is 0.496 e. The van der Waals surface area contributed by atoms with E-state index >= 15 is 0 Å². The lowest BCUT2D eigenvalue weighted by molar-refractivity contribution is 0.392. The summed E-state index contributed by atoms with van der Waals surface area (Å²) >= 11 is 6.01. The van der Waals surface area contributed by atoms with Crippen molar-refractivity contribution in [1.29, 1.82) is 0 Å². The molecule has 8 heteroatoms. The number of aromatic nitrogens is 1. The molecule has 4 aromatic rings. The highest BCUT2D eigenvalue weighted by Gasteiger charge is 2.20. The fraction of sp³-hybridized carbons (Fsp3) is 0.182. The summed E-state index contributed by atoms with van der Waals surface area (Å²) in [6.45, 7) is 0. The summed E-state index contributed by atoms with van der Waals surface area (Å²) in [6, 6.07) is 10.8. The number of aliphatic imine (C=N–C) groups is 1. The van der Waals surface area contributed by atoms with Crippen LogP contribution < -0.4 is 18.9 Å². The Labute approximate surface area is 177 Å². The van der Waals surface area contributed by atoms with Gasteiger partial charge >= 0.3 is 6.01 Å². The second-order valence-corrected chi connectivity index (χ2v) is 6.72. The second-order valence-electron chi connectivity index (χ2n) is 6.29. The number of hydrogen-bond acceptors (Lipinski definition) is 7. The number of benzene rings is 3. The van der Waals surface area contributed by atoms with Gasteiger partial charge in [-0.1, -0.05) is 11.6 Å². The number of methoxy groups -OCH3 is 4. The molecule has 0 spiro atoms. The molecule has 0 atom stereocenters. The second kappa shape index (κ2) is 8.12. The van der Waals surface area contributed by atoms with Crippen molar-refractivity contribution in [3.8, 4) is 23.0 Å². The lowest BCUT2D eigenvalue weighted by Crippen LogP contribution is -1.99. The molecule has 30 heavy (non-hydrogen) atoms. The van der Waals surface area contributed by atoms with Crippen molar-refractivity contribution in [2.24, 2.45) is 4.99 Å². The first-order valence-corrected chi connectivity index (χ1v) is 9.37. The van der Waals surface area contributed by atoms with Gasteiger partial charge in [0.1, 0.15) is 28.5 Å². The predicted octanol–water partition coefficient (Wildman–Crippen LogP) is 5.42. The van der Waals surface area contributed by atoms with E-state index in [-0.39, 0.29) is 6.01 Å². The maximum atomic E-state index is 6.01. The van der Waals surface area contributed by atoms with Crippen molar-refractivity contribution >= 4 is 45.7 Å². The van der Waals surface area contributed by atoms with Crippen LogP contribution in [-0.4, -0.2) is 39.6 Å². The lowest BCUT2D eigenvalue weighted by Gasteiger charge is -2.17. The number of halogens is 1. The number of fused-ring (bicyclic) bond motifs is 2. The summed E-state index contributed by atoms with van der Waals surface area (Å²) in [5.74, 6) is 2.41. The molecule has 0 fully saturated rings. The predicted molar refractivity (Wildman–Crippen MR) is 116 cm³/mol. The van der Waals surface area contributed by atoms with Crippen LogP contribution in [0.1, 0.15) is 5.56 Å². The zero-order valence-electron chi connectivity index (χ0n) is 16.9. The highest BCUT2D eigenvalue weighted by molar-refractivity contribution is 6.31. The van der Waals surface area contributed by atoms with Crippen LogP contribution in [-0.2, 0) is 0 Å². The van der Waals surface area contributed by atoms with Crippen molar-refractivity contribution in [3.05, 3.63) is 47.0 Å². The van der Waals surface area contributed by atoms with E-state index in [2.05, 4.69) is 9.98 Å². The first-order valence-electron chi connectivity index (χ1n) is 8.99. The Kier molecular flexibility index (Phi) is 5.37. The fourth-order valence-corrected chi connectivity index (χ4v) is 3.51. The van der Waals surface area contributed by atoms with E-state index in [1.54, 1.807) is 52.9 Å². The zero-order chi connectivity index (χ0) is 21.3. The Hall–Kier alpha value is -3.45. The summed E-state index contributed by atoms with van der Waals surface area (Å²) in [4.78, 5) is 8.72. The van der Waals surface area contributed by atoms with E-state index in [1.807, 2.05) is 18.2 Å². The van der Waals surface area contributed by atoms with Crippen molar-refractivity contribution in [2.45, 2.75) is 0 Å². The molecule has 0 saturated carbocycles. The summed E-state index contributed by atoms with van der Waals surface area (Å²) in [5.41, 5.74) is 1.89. The molecule has 0 bridgehead atoms. The summed E-state index contributed by atoms with van der Waals surface area (Å²) in [7, 11) is 6.37. The number of nitrogens with zero attached hydrogens (tertiary/aromatic N) is 2. The Morgan fingerprint density at radius 2 is 1.57 bits per heavy atom. The molecule has 154 valence electrons. The van der Waals surface area contributed by atoms with Crippen LogP contribution in [0.4, 0.5) is 6.01 Å². The molecule has 0 aliphatic heterocycles. The highest BCUT2D eigenvalue weighted by atomic mass is 35.5. The van der Waals surface area contributed by atoms with Gasteiger partial charge in [-0.2, -0.15) is 4.98 Å². The number of rotatable bonds is 6. The Morgan fingerprint density at radius 1 is 0.867 bits per heavy atom.